The maximum Gasteiger partial charge on any atom is 2.00 e. The van der Waals surface area contributed by atoms with Gasteiger partial charge in [-0.25, -0.2) is 9.13 Å². The summed E-state index contributed by atoms with van der Waals surface area (Å²) in [5.74, 6) is 2.53. The van der Waals surface area contributed by atoms with Crippen LogP contribution in [0.3, 0.4) is 0 Å². The van der Waals surface area contributed by atoms with E-state index in [-0.39, 0.29) is 41.0 Å². The molecule has 2 saturated carbocycles. The molecule has 3 aromatic rings. The van der Waals surface area contributed by atoms with Crippen LogP contribution in [0.4, 0.5) is 0 Å². The molecular formula is C25H22BrFeIN2+2. The Morgan fingerprint density at radius 2 is 1.37 bits per heavy atom. The molecule has 0 saturated heterocycles. The number of hydrogen-bond acceptors (Lipinski definition) is 0. The van der Waals surface area contributed by atoms with E-state index in [0.717, 1.165) is 11.0 Å². The van der Waals surface area contributed by atoms with Crippen molar-refractivity contribution in [1.29, 1.82) is 0 Å². The average Bonchev–Trinajstić information content (AvgIpc) is 3.48. The van der Waals surface area contributed by atoms with Crippen LogP contribution in [0.1, 0.15) is 0 Å². The predicted octanol–water partition coefficient (Wildman–Crippen LogP) is 2.32. The van der Waals surface area contributed by atoms with Crippen molar-refractivity contribution in [2.24, 2.45) is 7.05 Å². The first-order chi connectivity index (χ1) is 13.8. The van der Waals surface area contributed by atoms with Gasteiger partial charge in [0.15, 0.2) is 11.0 Å². The van der Waals surface area contributed by atoms with Gasteiger partial charge in [-0.1, -0.05) is 24.3 Å². The van der Waals surface area contributed by atoms with E-state index in [9.17, 15) is 0 Å². The predicted molar refractivity (Wildman–Crippen MR) is 118 cm³/mol. The molecule has 5 rings (SSSR count). The topological polar surface area (TPSA) is 8.81 Å². The van der Waals surface area contributed by atoms with Gasteiger partial charge in [0.2, 0.25) is 0 Å². The number of fused-ring (bicyclic) bond motifs is 1. The second kappa shape index (κ2) is 12.6. The molecule has 5 heteroatoms. The number of benzene rings is 2. The Hall–Kier alpha value is -0.361. The standard InChI is InChI=1S/C20H17BrN2.C5H5.Fe.HI/c1-22-18-12-6-7-13-19(18)23(14-15-8-2-3-9-15)20(22)16-10-4-5-11-17(16)21;1-2-4-5-3-1;;/h2-13H,14H2,1H3;1-5H;;1H/q+1;;+2;/p-1. The van der Waals surface area contributed by atoms with Gasteiger partial charge in [0.1, 0.15) is 0 Å². The van der Waals surface area contributed by atoms with Crippen molar-refractivity contribution in [2.75, 3.05) is 0 Å². The van der Waals surface area contributed by atoms with Crippen LogP contribution in [-0.4, -0.2) is 4.57 Å². The number of halogens is 2. The van der Waals surface area contributed by atoms with Gasteiger partial charge in [0.25, 0.3) is 5.82 Å². The molecule has 10 radical (unpaired) electrons. The molecule has 0 N–H and O–H groups in total. The normalized spacial score (nSPS) is 15.9. The molecule has 0 spiro atoms. The molecule has 2 aliphatic carbocycles. The SMILES string of the molecule is C[n+]1c(-c2ccccc2Br)n(C[C]2[CH][CH][CH][CH]2)c2ccccc21.[CH]1[CH][CH][CH][CH]1.[Fe+2].[I-]. The molecule has 152 valence electrons. The van der Waals surface area contributed by atoms with Crippen LogP contribution < -0.4 is 28.5 Å². The minimum atomic E-state index is 0. The molecule has 30 heavy (non-hydrogen) atoms. The first-order valence-corrected chi connectivity index (χ1v) is 10.1. The largest absolute Gasteiger partial charge is 2.00 e. The molecule has 1 aromatic heterocycles. The van der Waals surface area contributed by atoms with Crippen LogP contribution >= 0.6 is 15.9 Å². The summed E-state index contributed by atoms with van der Waals surface area (Å²) in [6.07, 6.45) is 18.6. The van der Waals surface area contributed by atoms with E-state index in [4.69, 9.17) is 0 Å². The summed E-state index contributed by atoms with van der Waals surface area (Å²) in [5, 5.41) is 0. The number of aromatic nitrogens is 2. The molecule has 0 atom stereocenters. The summed E-state index contributed by atoms with van der Waals surface area (Å²) in [4.78, 5) is 0. The summed E-state index contributed by atoms with van der Waals surface area (Å²) < 4.78 is 5.78. The van der Waals surface area contributed by atoms with E-state index in [1.807, 2.05) is 32.1 Å². The monoisotopic (exact) mass is 612 g/mol. The van der Waals surface area contributed by atoms with E-state index >= 15 is 0 Å². The Balaban J connectivity index is 0.000000404. The molecule has 0 unspecified atom stereocenters. The number of hydrogen-bond donors (Lipinski definition) is 0. The van der Waals surface area contributed by atoms with Crippen molar-refractivity contribution in [2.45, 2.75) is 6.54 Å². The Kier molecular flexibility index (Phi) is 10.9. The van der Waals surface area contributed by atoms with E-state index < -0.39 is 0 Å². The van der Waals surface area contributed by atoms with Crippen molar-refractivity contribution in [3.63, 3.8) is 0 Å². The number of para-hydroxylation sites is 2. The number of rotatable bonds is 3. The molecule has 2 nitrogen and oxygen atoms in total. The molecule has 2 aromatic carbocycles. The zero-order chi connectivity index (χ0) is 19.3. The van der Waals surface area contributed by atoms with Crippen LogP contribution in [0.2, 0.25) is 0 Å². The van der Waals surface area contributed by atoms with E-state index in [1.54, 1.807) is 0 Å². The van der Waals surface area contributed by atoms with Crippen molar-refractivity contribution in [3.8, 4) is 11.4 Å². The number of nitrogens with zero attached hydrogens (tertiary/aromatic N) is 2. The molecule has 2 aliphatic rings. The fraction of sp³-hybridized carbons (Fsp3) is 0.0800. The van der Waals surface area contributed by atoms with Crippen LogP contribution in [0.25, 0.3) is 22.4 Å². The van der Waals surface area contributed by atoms with Gasteiger partial charge in [0.05, 0.1) is 19.2 Å². The van der Waals surface area contributed by atoms with Gasteiger partial charge in [-0.2, -0.15) is 0 Å². The molecule has 0 aliphatic heterocycles. The Morgan fingerprint density at radius 1 is 0.800 bits per heavy atom. The third-order valence-corrected chi connectivity index (χ3v) is 5.54. The minimum absolute atomic E-state index is 0. The minimum Gasteiger partial charge on any atom is -1.00 e. The third-order valence-electron chi connectivity index (χ3n) is 4.85. The molecule has 0 bridgehead atoms. The van der Waals surface area contributed by atoms with E-state index in [0.29, 0.717) is 0 Å². The number of imidazole rings is 1. The molecular weight excluding hydrogens is 591 g/mol. The van der Waals surface area contributed by atoms with Gasteiger partial charge in [-0.3, -0.25) is 0 Å². The Morgan fingerprint density at radius 3 is 2.00 bits per heavy atom. The van der Waals surface area contributed by atoms with Crippen molar-refractivity contribution in [3.05, 3.63) is 117 Å². The Labute approximate surface area is 217 Å². The van der Waals surface area contributed by atoms with Gasteiger partial charge in [0, 0.05) is 10.4 Å². The molecule has 1 heterocycles. The van der Waals surface area contributed by atoms with Crippen LogP contribution in [-0.2, 0) is 30.7 Å². The first-order valence-electron chi connectivity index (χ1n) is 9.35. The maximum atomic E-state index is 3.71. The van der Waals surface area contributed by atoms with Crippen molar-refractivity contribution < 1.29 is 45.6 Å². The first kappa shape index (κ1) is 25.9. The van der Waals surface area contributed by atoms with Crippen LogP contribution in [0, 0.1) is 63.7 Å². The van der Waals surface area contributed by atoms with E-state index in [2.05, 4.69) is 106 Å². The summed E-state index contributed by atoms with van der Waals surface area (Å²) >= 11 is 3.71. The second-order valence-electron chi connectivity index (χ2n) is 6.69. The van der Waals surface area contributed by atoms with Gasteiger partial charge < -0.3 is 24.0 Å². The second-order valence-corrected chi connectivity index (χ2v) is 7.55. The fourth-order valence-corrected chi connectivity index (χ4v) is 4.00. The van der Waals surface area contributed by atoms with Crippen molar-refractivity contribution >= 4 is 27.0 Å². The summed E-state index contributed by atoms with van der Waals surface area (Å²) in [6, 6.07) is 17.0. The van der Waals surface area contributed by atoms with E-state index in [1.165, 1.54) is 28.3 Å². The molecule has 0 amide bonds. The van der Waals surface area contributed by atoms with Gasteiger partial charge in [-0.15, -0.1) is 0 Å². The molecule has 2 fully saturated rings. The maximum absolute atomic E-state index is 3.71. The van der Waals surface area contributed by atoms with Gasteiger partial charge >= 0.3 is 17.1 Å². The fourth-order valence-electron chi connectivity index (χ4n) is 3.54. The summed E-state index contributed by atoms with van der Waals surface area (Å²) in [7, 11) is 2.14. The van der Waals surface area contributed by atoms with Gasteiger partial charge in [-0.05, 0) is 98.0 Å². The zero-order valence-electron chi connectivity index (χ0n) is 16.5. The zero-order valence-corrected chi connectivity index (χ0v) is 21.4. The average molecular weight is 613 g/mol. The summed E-state index contributed by atoms with van der Waals surface area (Å²) in [6.45, 7) is 0.866. The third kappa shape index (κ3) is 5.90. The van der Waals surface area contributed by atoms with Crippen molar-refractivity contribution in [1.82, 2.24) is 4.57 Å². The smallest absolute Gasteiger partial charge is 1.00 e. The quantitative estimate of drug-likeness (QED) is 0.244. The van der Waals surface area contributed by atoms with Crippen LogP contribution in [0.15, 0.2) is 53.0 Å². The summed E-state index contributed by atoms with van der Waals surface area (Å²) in [5.41, 5.74) is 3.70. The number of aryl methyl sites for hydroxylation is 1. The van der Waals surface area contributed by atoms with Crippen LogP contribution in [0.5, 0.6) is 0 Å². The Bertz CT molecular complexity index is 922.